The lowest BCUT2D eigenvalue weighted by Crippen LogP contribution is -2.26. The third-order valence-electron chi connectivity index (χ3n) is 3.98. The summed E-state index contributed by atoms with van der Waals surface area (Å²) in [6.07, 6.45) is 0. The Labute approximate surface area is 160 Å². The summed E-state index contributed by atoms with van der Waals surface area (Å²) in [7, 11) is 3.00. The van der Waals surface area contributed by atoms with Crippen LogP contribution in [-0.4, -0.2) is 29.9 Å². The van der Waals surface area contributed by atoms with Gasteiger partial charge in [0.25, 0.3) is 11.5 Å². The number of carbonyl (C=O) groups excluding carboxylic acids is 1. The Morgan fingerprint density at radius 1 is 1.11 bits per heavy atom. The first-order valence-corrected chi connectivity index (χ1v) is 8.36. The molecular weight excluding hydrogens is 365 g/mol. The van der Waals surface area contributed by atoms with Gasteiger partial charge in [0.15, 0.2) is 0 Å². The molecule has 28 heavy (non-hydrogen) atoms. The molecule has 7 nitrogen and oxygen atoms in total. The molecule has 1 heterocycles. The monoisotopic (exact) mass is 383 g/mol. The second-order valence-corrected chi connectivity index (χ2v) is 5.86. The minimum Gasteiger partial charge on any atom is -0.497 e. The molecule has 0 spiro atoms. The summed E-state index contributed by atoms with van der Waals surface area (Å²) in [5.74, 6) is 0.0694. The lowest BCUT2D eigenvalue weighted by molar-refractivity contribution is 0.101. The van der Waals surface area contributed by atoms with E-state index in [2.05, 4.69) is 10.4 Å². The highest BCUT2D eigenvalue weighted by Gasteiger charge is 2.14. The number of hydrogen-bond donors (Lipinski definition) is 1. The van der Waals surface area contributed by atoms with Crippen molar-refractivity contribution < 1.29 is 18.7 Å². The number of amides is 1. The molecule has 2 aromatic carbocycles. The van der Waals surface area contributed by atoms with Gasteiger partial charge in [0.2, 0.25) is 0 Å². The van der Waals surface area contributed by atoms with Gasteiger partial charge in [-0.25, -0.2) is 9.07 Å². The maximum atomic E-state index is 13.4. The topological polar surface area (TPSA) is 82.5 Å². The number of benzene rings is 2. The smallest absolute Gasteiger partial charge is 0.276 e. The second-order valence-electron chi connectivity index (χ2n) is 5.86. The predicted octanol–water partition coefficient (Wildman–Crippen LogP) is 2.70. The van der Waals surface area contributed by atoms with Crippen LogP contribution in [0.2, 0.25) is 0 Å². The molecule has 1 aromatic heterocycles. The summed E-state index contributed by atoms with van der Waals surface area (Å²) in [5, 5.41) is 6.78. The van der Waals surface area contributed by atoms with Gasteiger partial charge in [-0.15, -0.1) is 0 Å². The predicted molar refractivity (Wildman–Crippen MR) is 101 cm³/mol. The fourth-order valence-corrected chi connectivity index (χ4v) is 2.58. The van der Waals surface area contributed by atoms with Crippen LogP contribution in [0.25, 0.3) is 0 Å². The standard InChI is InChI=1S/C20H18FN3O4/c1-27-15-6-7-16(18(11-15)28-2)22-20(26)17-8-9-19(25)24(23-17)12-13-4-3-5-14(21)10-13/h3-11H,12H2,1-2H3,(H,22,26). The number of anilines is 1. The Balaban J connectivity index is 1.84. The number of methoxy groups -OCH3 is 2. The number of nitrogens with zero attached hydrogens (tertiary/aromatic N) is 2. The molecule has 0 aliphatic carbocycles. The van der Waals surface area contributed by atoms with Crippen molar-refractivity contribution in [3.05, 3.63) is 82.0 Å². The van der Waals surface area contributed by atoms with Gasteiger partial charge in [-0.1, -0.05) is 12.1 Å². The van der Waals surface area contributed by atoms with Crippen molar-refractivity contribution in [2.75, 3.05) is 19.5 Å². The van der Waals surface area contributed by atoms with Gasteiger partial charge in [-0.05, 0) is 35.9 Å². The van der Waals surface area contributed by atoms with Gasteiger partial charge in [0.1, 0.15) is 23.0 Å². The van der Waals surface area contributed by atoms with E-state index >= 15 is 0 Å². The number of hydrogen-bond acceptors (Lipinski definition) is 5. The Bertz CT molecular complexity index is 1070. The minimum absolute atomic E-state index is 0.0360. The zero-order chi connectivity index (χ0) is 20.1. The maximum absolute atomic E-state index is 13.4. The molecule has 8 heteroatoms. The number of carbonyl (C=O) groups is 1. The van der Waals surface area contributed by atoms with Crippen molar-refractivity contribution in [2.45, 2.75) is 6.54 Å². The average molecular weight is 383 g/mol. The highest BCUT2D eigenvalue weighted by Crippen LogP contribution is 2.29. The third kappa shape index (κ3) is 4.35. The summed E-state index contributed by atoms with van der Waals surface area (Å²) >= 11 is 0. The highest BCUT2D eigenvalue weighted by molar-refractivity contribution is 6.03. The van der Waals surface area contributed by atoms with Crippen molar-refractivity contribution >= 4 is 11.6 Å². The van der Waals surface area contributed by atoms with E-state index in [1.807, 2.05) is 0 Å². The quantitative estimate of drug-likeness (QED) is 0.708. The van der Waals surface area contributed by atoms with Crippen LogP contribution in [0.1, 0.15) is 16.1 Å². The summed E-state index contributed by atoms with van der Waals surface area (Å²) in [6, 6.07) is 13.4. The maximum Gasteiger partial charge on any atom is 0.276 e. The number of aromatic nitrogens is 2. The van der Waals surface area contributed by atoms with Gasteiger partial charge in [0.05, 0.1) is 26.5 Å². The molecule has 0 unspecified atom stereocenters. The lowest BCUT2D eigenvalue weighted by atomic mass is 10.2. The van der Waals surface area contributed by atoms with Crippen LogP contribution in [0.3, 0.4) is 0 Å². The van der Waals surface area contributed by atoms with E-state index in [0.717, 1.165) is 4.68 Å². The first-order chi connectivity index (χ1) is 13.5. The summed E-state index contributed by atoms with van der Waals surface area (Å²) in [4.78, 5) is 24.6. The van der Waals surface area contributed by atoms with Gasteiger partial charge in [0, 0.05) is 12.1 Å². The van der Waals surface area contributed by atoms with E-state index in [-0.39, 0.29) is 12.2 Å². The molecule has 0 radical (unpaired) electrons. The molecule has 0 aliphatic heterocycles. The van der Waals surface area contributed by atoms with Gasteiger partial charge in [-0.3, -0.25) is 9.59 Å². The van der Waals surface area contributed by atoms with Crippen molar-refractivity contribution in [1.29, 1.82) is 0 Å². The average Bonchev–Trinajstić information content (AvgIpc) is 2.70. The Hall–Kier alpha value is -3.68. The molecule has 0 saturated heterocycles. The van der Waals surface area contributed by atoms with Crippen LogP contribution < -0.4 is 20.3 Å². The Morgan fingerprint density at radius 3 is 2.64 bits per heavy atom. The molecule has 3 rings (SSSR count). The van der Waals surface area contributed by atoms with E-state index in [0.29, 0.717) is 22.7 Å². The van der Waals surface area contributed by atoms with Crippen LogP contribution >= 0.6 is 0 Å². The normalized spacial score (nSPS) is 10.4. The van der Waals surface area contributed by atoms with E-state index in [9.17, 15) is 14.0 Å². The molecule has 3 aromatic rings. The zero-order valence-electron chi connectivity index (χ0n) is 15.3. The SMILES string of the molecule is COc1ccc(NC(=O)c2ccc(=O)n(Cc3cccc(F)c3)n2)c(OC)c1. The molecule has 1 amide bonds. The molecule has 0 aliphatic rings. The lowest BCUT2D eigenvalue weighted by Gasteiger charge is -2.12. The van der Waals surface area contributed by atoms with Gasteiger partial charge in [-0.2, -0.15) is 5.10 Å². The van der Waals surface area contributed by atoms with Crippen molar-refractivity contribution in [2.24, 2.45) is 0 Å². The molecule has 0 fully saturated rings. The molecule has 0 atom stereocenters. The van der Waals surface area contributed by atoms with Crippen molar-refractivity contribution in [1.82, 2.24) is 9.78 Å². The van der Waals surface area contributed by atoms with E-state index in [1.54, 1.807) is 30.3 Å². The summed E-state index contributed by atoms with van der Waals surface area (Å²) in [6.45, 7) is 0.0452. The number of ether oxygens (including phenoxy) is 2. The van der Waals surface area contributed by atoms with E-state index < -0.39 is 17.3 Å². The van der Waals surface area contributed by atoms with Gasteiger partial charge < -0.3 is 14.8 Å². The first kappa shape index (κ1) is 19.1. The first-order valence-electron chi connectivity index (χ1n) is 8.36. The molecular formula is C20H18FN3O4. The van der Waals surface area contributed by atoms with Crippen LogP contribution in [0, 0.1) is 5.82 Å². The Morgan fingerprint density at radius 2 is 1.93 bits per heavy atom. The third-order valence-corrected chi connectivity index (χ3v) is 3.98. The van der Waals surface area contributed by atoms with Crippen LogP contribution in [-0.2, 0) is 6.54 Å². The van der Waals surface area contributed by atoms with Crippen LogP contribution in [0.4, 0.5) is 10.1 Å². The summed E-state index contributed by atoms with van der Waals surface area (Å²) in [5.41, 5.74) is 0.624. The number of rotatable bonds is 6. The zero-order valence-corrected chi connectivity index (χ0v) is 15.3. The van der Waals surface area contributed by atoms with Crippen LogP contribution in [0.5, 0.6) is 11.5 Å². The van der Waals surface area contributed by atoms with Crippen molar-refractivity contribution in [3.63, 3.8) is 0 Å². The minimum atomic E-state index is -0.517. The number of nitrogens with one attached hydrogen (secondary N) is 1. The fourth-order valence-electron chi connectivity index (χ4n) is 2.58. The second kappa shape index (κ2) is 8.34. The molecule has 1 N–H and O–H groups in total. The molecule has 0 saturated carbocycles. The van der Waals surface area contributed by atoms with E-state index in [1.165, 1.54) is 38.5 Å². The number of halogens is 1. The largest absolute Gasteiger partial charge is 0.497 e. The molecule has 0 bridgehead atoms. The Kier molecular flexibility index (Phi) is 5.69. The van der Waals surface area contributed by atoms with Crippen molar-refractivity contribution in [3.8, 4) is 11.5 Å². The fraction of sp³-hybridized carbons (Fsp3) is 0.150. The molecule has 144 valence electrons. The van der Waals surface area contributed by atoms with Crippen LogP contribution in [0.15, 0.2) is 59.4 Å². The van der Waals surface area contributed by atoms with E-state index in [4.69, 9.17) is 9.47 Å². The summed E-state index contributed by atoms with van der Waals surface area (Å²) < 4.78 is 24.8. The highest BCUT2D eigenvalue weighted by atomic mass is 19.1. The van der Waals surface area contributed by atoms with Gasteiger partial charge >= 0.3 is 0 Å².